The molecule has 0 aliphatic carbocycles. The first-order chi connectivity index (χ1) is 10.5. The summed E-state index contributed by atoms with van der Waals surface area (Å²) in [5.41, 5.74) is 2.57. The average Bonchev–Trinajstić information content (AvgIpc) is 2.51. The quantitative estimate of drug-likeness (QED) is 0.659. The zero-order valence-electron chi connectivity index (χ0n) is 12.8. The lowest BCUT2D eigenvalue weighted by Crippen LogP contribution is -2.02. The maximum absolute atomic E-state index is 13.2. The number of halogens is 1. The summed E-state index contributed by atoms with van der Waals surface area (Å²) < 4.78 is 18.3. The smallest absolute Gasteiger partial charge is 0.187 e. The van der Waals surface area contributed by atoms with Crippen molar-refractivity contribution in [1.82, 2.24) is 0 Å². The van der Waals surface area contributed by atoms with E-state index in [9.17, 15) is 9.18 Å². The largest absolute Gasteiger partial charge is 0.497 e. The maximum Gasteiger partial charge on any atom is 0.187 e. The first-order valence-electron chi connectivity index (χ1n) is 6.89. The fraction of sp³-hybridized carbons (Fsp3) is 0.167. The van der Waals surface area contributed by atoms with Crippen molar-refractivity contribution < 1.29 is 13.9 Å². The zero-order valence-corrected chi connectivity index (χ0v) is 12.8. The fourth-order valence-corrected chi connectivity index (χ4v) is 2.02. The van der Waals surface area contributed by atoms with E-state index in [4.69, 9.17) is 4.74 Å². The minimum absolute atomic E-state index is 0.105. The predicted molar refractivity (Wildman–Crippen MR) is 85.8 cm³/mol. The van der Waals surface area contributed by atoms with Crippen LogP contribution in [0.4, 0.5) is 10.1 Å². The molecule has 0 atom stereocenters. The molecule has 2 aromatic carbocycles. The van der Waals surface area contributed by atoms with Crippen molar-refractivity contribution in [2.45, 2.75) is 13.8 Å². The zero-order chi connectivity index (χ0) is 16.1. The van der Waals surface area contributed by atoms with Crippen LogP contribution in [-0.2, 0) is 0 Å². The Balaban J connectivity index is 2.09. The van der Waals surface area contributed by atoms with Gasteiger partial charge >= 0.3 is 0 Å². The van der Waals surface area contributed by atoms with Crippen molar-refractivity contribution in [3.05, 3.63) is 71.2 Å². The third-order valence-corrected chi connectivity index (χ3v) is 3.22. The number of methoxy groups -OCH3 is 1. The normalized spacial score (nSPS) is 11.2. The second kappa shape index (κ2) is 6.89. The summed E-state index contributed by atoms with van der Waals surface area (Å²) in [5.74, 6) is 0.352. The molecule has 0 fully saturated rings. The van der Waals surface area contributed by atoms with Gasteiger partial charge in [-0.3, -0.25) is 4.79 Å². The van der Waals surface area contributed by atoms with E-state index in [0.717, 1.165) is 5.69 Å². The predicted octanol–water partition coefficient (Wildman–Crippen LogP) is 4.34. The Labute approximate surface area is 129 Å². The van der Waals surface area contributed by atoms with Crippen LogP contribution in [0.2, 0.25) is 0 Å². The summed E-state index contributed by atoms with van der Waals surface area (Å²) in [4.78, 5) is 12.1. The van der Waals surface area contributed by atoms with Gasteiger partial charge in [0.1, 0.15) is 11.6 Å². The highest BCUT2D eigenvalue weighted by Gasteiger charge is 2.04. The Morgan fingerprint density at radius 3 is 2.45 bits per heavy atom. The molecule has 0 unspecified atom stereocenters. The van der Waals surface area contributed by atoms with E-state index < -0.39 is 0 Å². The van der Waals surface area contributed by atoms with Crippen molar-refractivity contribution in [3.8, 4) is 5.75 Å². The molecule has 2 aromatic rings. The molecule has 2 rings (SSSR count). The molecule has 22 heavy (non-hydrogen) atoms. The molecule has 0 aliphatic rings. The number of carbonyl (C=O) groups excluding carboxylic acids is 1. The lowest BCUT2D eigenvalue weighted by molar-refractivity contribution is 0.104. The molecular weight excluding hydrogens is 281 g/mol. The van der Waals surface area contributed by atoms with E-state index in [1.807, 2.05) is 0 Å². The Kier molecular flexibility index (Phi) is 4.94. The van der Waals surface area contributed by atoms with Gasteiger partial charge in [0, 0.05) is 23.0 Å². The van der Waals surface area contributed by atoms with E-state index in [-0.39, 0.29) is 11.6 Å². The molecule has 0 saturated carbocycles. The minimum Gasteiger partial charge on any atom is -0.497 e. The number of benzene rings is 2. The van der Waals surface area contributed by atoms with Gasteiger partial charge in [0.05, 0.1) is 7.11 Å². The van der Waals surface area contributed by atoms with E-state index in [2.05, 4.69) is 5.32 Å². The van der Waals surface area contributed by atoms with Gasteiger partial charge in [-0.2, -0.15) is 0 Å². The number of nitrogens with one attached hydrogen (secondary N) is 1. The Morgan fingerprint density at radius 2 is 1.86 bits per heavy atom. The Bertz CT molecular complexity index is 706. The maximum atomic E-state index is 13.2. The van der Waals surface area contributed by atoms with Crippen molar-refractivity contribution in [3.63, 3.8) is 0 Å². The number of hydrogen-bond donors (Lipinski definition) is 1. The molecule has 4 heteroatoms. The van der Waals surface area contributed by atoms with Crippen molar-refractivity contribution in [1.29, 1.82) is 0 Å². The first kappa shape index (κ1) is 15.8. The molecule has 0 aromatic heterocycles. The highest BCUT2D eigenvalue weighted by molar-refractivity contribution is 6.05. The van der Waals surface area contributed by atoms with Crippen LogP contribution in [-0.4, -0.2) is 12.9 Å². The standard InChI is InChI=1S/C18H18FNO2/c1-12-10-15(6-9-17(12)19)20-13(2)11-18(21)14-4-7-16(22-3)8-5-14/h4-11,20H,1-3H3/b13-11+. The van der Waals surface area contributed by atoms with E-state index in [1.165, 1.54) is 12.1 Å². The molecule has 1 N–H and O–H groups in total. The number of anilines is 1. The van der Waals surface area contributed by atoms with Crippen LogP contribution in [0.15, 0.2) is 54.2 Å². The number of ether oxygens (including phenoxy) is 1. The third-order valence-electron chi connectivity index (χ3n) is 3.22. The minimum atomic E-state index is -0.249. The second-order valence-corrected chi connectivity index (χ2v) is 5.01. The van der Waals surface area contributed by atoms with Crippen LogP contribution in [0.5, 0.6) is 5.75 Å². The molecule has 0 saturated heterocycles. The summed E-state index contributed by atoms with van der Waals surface area (Å²) >= 11 is 0. The van der Waals surface area contributed by atoms with Crippen LogP contribution < -0.4 is 10.1 Å². The number of allylic oxidation sites excluding steroid dienone is 2. The first-order valence-corrected chi connectivity index (χ1v) is 6.89. The fourth-order valence-electron chi connectivity index (χ4n) is 2.02. The molecule has 0 aliphatic heterocycles. The average molecular weight is 299 g/mol. The number of hydrogen-bond acceptors (Lipinski definition) is 3. The van der Waals surface area contributed by atoms with E-state index in [0.29, 0.717) is 22.6 Å². The van der Waals surface area contributed by atoms with Gasteiger partial charge in [-0.1, -0.05) is 0 Å². The topological polar surface area (TPSA) is 38.3 Å². The second-order valence-electron chi connectivity index (χ2n) is 5.01. The van der Waals surface area contributed by atoms with Gasteiger partial charge in [0.25, 0.3) is 0 Å². The molecular formula is C18H18FNO2. The number of ketones is 1. The molecule has 3 nitrogen and oxygen atoms in total. The SMILES string of the molecule is COc1ccc(C(=O)/C=C(\C)Nc2ccc(F)c(C)c2)cc1. The van der Waals surface area contributed by atoms with Gasteiger partial charge in [-0.25, -0.2) is 4.39 Å². The van der Waals surface area contributed by atoms with Gasteiger partial charge < -0.3 is 10.1 Å². The van der Waals surface area contributed by atoms with Gasteiger partial charge in [0.15, 0.2) is 5.78 Å². The molecule has 114 valence electrons. The summed E-state index contributed by atoms with van der Waals surface area (Å²) in [5, 5.41) is 3.08. The molecule has 0 bridgehead atoms. The van der Waals surface area contributed by atoms with Gasteiger partial charge in [0.2, 0.25) is 0 Å². The van der Waals surface area contributed by atoms with Gasteiger partial charge in [-0.05, 0) is 61.9 Å². The van der Waals surface area contributed by atoms with Crippen molar-refractivity contribution in [2.24, 2.45) is 0 Å². The van der Waals surface area contributed by atoms with E-state index >= 15 is 0 Å². The highest BCUT2D eigenvalue weighted by Crippen LogP contribution is 2.16. The summed E-state index contributed by atoms with van der Waals surface area (Å²) in [6, 6.07) is 11.7. The monoisotopic (exact) mass is 299 g/mol. The van der Waals surface area contributed by atoms with Crippen LogP contribution in [0.25, 0.3) is 0 Å². The van der Waals surface area contributed by atoms with Crippen LogP contribution in [0.1, 0.15) is 22.8 Å². The Morgan fingerprint density at radius 1 is 1.18 bits per heavy atom. The van der Waals surface area contributed by atoms with Crippen molar-refractivity contribution >= 4 is 11.5 Å². The summed E-state index contributed by atoms with van der Waals surface area (Å²) in [7, 11) is 1.58. The summed E-state index contributed by atoms with van der Waals surface area (Å²) in [6.45, 7) is 3.49. The van der Waals surface area contributed by atoms with Crippen LogP contribution >= 0.6 is 0 Å². The summed E-state index contributed by atoms with van der Waals surface area (Å²) in [6.07, 6.45) is 1.51. The highest BCUT2D eigenvalue weighted by atomic mass is 19.1. The lowest BCUT2D eigenvalue weighted by Gasteiger charge is -2.08. The van der Waals surface area contributed by atoms with Crippen LogP contribution in [0.3, 0.4) is 0 Å². The van der Waals surface area contributed by atoms with Crippen LogP contribution in [0, 0.1) is 12.7 Å². The molecule has 0 radical (unpaired) electrons. The molecule has 0 amide bonds. The number of aryl methyl sites for hydroxylation is 1. The lowest BCUT2D eigenvalue weighted by atomic mass is 10.1. The number of rotatable bonds is 5. The van der Waals surface area contributed by atoms with Gasteiger partial charge in [-0.15, -0.1) is 0 Å². The third kappa shape index (κ3) is 3.95. The van der Waals surface area contributed by atoms with E-state index in [1.54, 1.807) is 57.4 Å². The molecule has 0 heterocycles. The number of carbonyl (C=O) groups is 1. The van der Waals surface area contributed by atoms with Crippen molar-refractivity contribution in [2.75, 3.05) is 12.4 Å². The molecule has 0 spiro atoms. The Hall–Kier alpha value is -2.62.